The molecule has 1 aliphatic carbocycles. The van der Waals surface area contributed by atoms with Crippen LogP contribution in [0.1, 0.15) is 26.2 Å². The summed E-state index contributed by atoms with van der Waals surface area (Å²) in [6, 6.07) is 7.66. The molecule has 3 unspecified atom stereocenters. The molecule has 5 heteroatoms. The fraction of sp³-hybridized carbons (Fsp3) is 0.533. The minimum Gasteiger partial charge on any atom is -0.481 e. The number of amides is 1. The van der Waals surface area contributed by atoms with E-state index in [0.29, 0.717) is 18.2 Å². The number of rotatable bonds is 5. The second kappa shape index (κ2) is 7.09. The van der Waals surface area contributed by atoms with Gasteiger partial charge in [0.05, 0.1) is 0 Å². The van der Waals surface area contributed by atoms with Crippen LogP contribution >= 0.6 is 15.9 Å². The summed E-state index contributed by atoms with van der Waals surface area (Å²) in [5, 5.41) is 3.06. The number of hydrogen-bond acceptors (Lipinski definition) is 3. The van der Waals surface area contributed by atoms with Crippen molar-refractivity contribution in [3.63, 3.8) is 0 Å². The first-order chi connectivity index (χ1) is 9.60. The highest BCUT2D eigenvalue weighted by atomic mass is 79.9. The van der Waals surface area contributed by atoms with Gasteiger partial charge in [0.25, 0.3) is 5.91 Å². The number of carbonyl (C=O) groups is 1. The van der Waals surface area contributed by atoms with Gasteiger partial charge in [0.2, 0.25) is 0 Å². The van der Waals surface area contributed by atoms with Gasteiger partial charge in [-0.15, -0.1) is 0 Å². The van der Waals surface area contributed by atoms with E-state index in [2.05, 4.69) is 21.2 Å². The van der Waals surface area contributed by atoms with Crippen molar-refractivity contribution in [2.45, 2.75) is 38.3 Å². The van der Waals surface area contributed by atoms with Crippen LogP contribution in [0.5, 0.6) is 5.75 Å². The summed E-state index contributed by atoms with van der Waals surface area (Å²) >= 11 is 3.37. The van der Waals surface area contributed by atoms with Crippen molar-refractivity contribution < 1.29 is 9.53 Å². The number of hydrogen-bond donors (Lipinski definition) is 2. The third-order valence-electron chi connectivity index (χ3n) is 3.79. The smallest absolute Gasteiger partial charge is 0.261 e. The van der Waals surface area contributed by atoms with Gasteiger partial charge in [-0.05, 0) is 56.5 Å². The Morgan fingerprint density at radius 1 is 1.45 bits per heavy atom. The van der Waals surface area contributed by atoms with E-state index >= 15 is 0 Å². The van der Waals surface area contributed by atoms with Crippen LogP contribution in [0, 0.1) is 5.92 Å². The van der Waals surface area contributed by atoms with Gasteiger partial charge < -0.3 is 15.8 Å². The molecule has 0 heterocycles. The minimum atomic E-state index is -0.504. The third-order valence-corrected chi connectivity index (χ3v) is 4.31. The van der Waals surface area contributed by atoms with Gasteiger partial charge in [0.15, 0.2) is 6.10 Å². The van der Waals surface area contributed by atoms with Crippen molar-refractivity contribution in [1.29, 1.82) is 0 Å². The molecule has 0 saturated heterocycles. The summed E-state index contributed by atoms with van der Waals surface area (Å²) in [6.07, 6.45) is 2.74. The lowest BCUT2D eigenvalue weighted by Gasteiger charge is -2.22. The average Bonchev–Trinajstić information content (AvgIpc) is 2.88. The van der Waals surface area contributed by atoms with Crippen molar-refractivity contribution in [3.05, 3.63) is 28.7 Å². The van der Waals surface area contributed by atoms with Crippen LogP contribution in [0.15, 0.2) is 28.7 Å². The van der Waals surface area contributed by atoms with Crippen molar-refractivity contribution >= 4 is 21.8 Å². The molecule has 0 bridgehead atoms. The lowest BCUT2D eigenvalue weighted by Crippen LogP contribution is -2.45. The number of benzene rings is 1. The maximum Gasteiger partial charge on any atom is 0.261 e. The van der Waals surface area contributed by atoms with E-state index in [9.17, 15) is 4.79 Å². The summed E-state index contributed by atoms with van der Waals surface area (Å²) in [6.45, 7) is 2.40. The number of nitrogens with one attached hydrogen (secondary N) is 1. The third kappa shape index (κ3) is 3.96. The standard InChI is InChI=1S/C15H21BrN2O2/c1-10(20-13-7-5-12(16)6-8-13)15(19)18-14-4-2-3-11(14)9-17/h5-8,10-11,14H,2-4,9,17H2,1H3,(H,18,19). The van der Waals surface area contributed by atoms with E-state index in [0.717, 1.165) is 23.7 Å². The summed E-state index contributed by atoms with van der Waals surface area (Å²) in [5.41, 5.74) is 5.73. The summed E-state index contributed by atoms with van der Waals surface area (Å²) < 4.78 is 6.63. The van der Waals surface area contributed by atoms with Crippen molar-refractivity contribution in [1.82, 2.24) is 5.32 Å². The molecule has 3 atom stereocenters. The van der Waals surface area contributed by atoms with Crippen LogP contribution in [-0.2, 0) is 4.79 Å². The SMILES string of the molecule is CC(Oc1ccc(Br)cc1)C(=O)NC1CCCC1CN. The Labute approximate surface area is 128 Å². The van der Waals surface area contributed by atoms with Gasteiger partial charge in [-0.1, -0.05) is 22.4 Å². The maximum atomic E-state index is 12.1. The molecule has 1 saturated carbocycles. The normalized spacial score (nSPS) is 23.4. The summed E-state index contributed by atoms with van der Waals surface area (Å²) in [7, 11) is 0. The van der Waals surface area contributed by atoms with Crippen LogP contribution in [0.3, 0.4) is 0 Å². The van der Waals surface area contributed by atoms with Crippen molar-refractivity contribution in [2.24, 2.45) is 11.7 Å². The first kappa shape index (κ1) is 15.3. The Morgan fingerprint density at radius 2 is 2.15 bits per heavy atom. The molecule has 3 N–H and O–H groups in total. The fourth-order valence-corrected chi connectivity index (χ4v) is 2.84. The van der Waals surface area contributed by atoms with Gasteiger partial charge in [-0.3, -0.25) is 4.79 Å². The number of carbonyl (C=O) groups excluding carboxylic acids is 1. The first-order valence-corrected chi connectivity index (χ1v) is 7.82. The van der Waals surface area contributed by atoms with Gasteiger partial charge in [0, 0.05) is 10.5 Å². The second-order valence-electron chi connectivity index (χ2n) is 5.26. The Morgan fingerprint density at radius 3 is 2.80 bits per heavy atom. The van der Waals surface area contributed by atoms with Crippen LogP contribution in [0.2, 0.25) is 0 Å². The monoisotopic (exact) mass is 340 g/mol. The highest BCUT2D eigenvalue weighted by Crippen LogP contribution is 2.25. The van der Waals surface area contributed by atoms with E-state index in [1.807, 2.05) is 24.3 Å². The Kier molecular flexibility index (Phi) is 5.43. The molecule has 0 spiro atoms. The molecule has 1 aromatic carbocycles. The summed E-state index contributed by atoms with van der Waals surface area (Å²) in [5.74, 6) is 1.02. The molecule has 0 aromatic heterocycles. The molecule has 0 radical (unpaired) electrons. The molecule has 1 aromatic rings. The molecule has 20 heavy (non-hydrogen) atoms. The van der Waals surface area contributed by atoms with Crippen LogP contribution in [0.4, 0.5) is 0 Å². The molecular weight excluding hydrogens is 320 g/mol. The molecule has 2 rings (SSSR count). The van der Waals surface area contributed by atoms with Crippen LogP contribution in [0.25, 0.3) is 0 Å². The highest BCUT2D eigenvalue weighted by molar-refractivity contribution is 9.10. The zero-order valence-electron chi connectivity index (χ0n) is 11.6. The van der Waals surface area contributed by atoms with Gasteiger partial charge >= 0.3 is 0 Å². The van der Waals surface area contributed by atoms with E-state index < -0.39 is 6.10 Å². The van der Waals surface area contributed by atoms with E-state index in [1.54, 1.807) is 6.92 Å². The van der Waals surface area contributed by atoms with E-state index in [1.165, 1.54) is 0 Å². The average molecular weight is 341 g/mol. The number of ether oxygens (including phenoxy) is 1. The predicted molar refractivity (Wildman–Crippen MR) is 82.6 cm³/mol. The topological polar surface area (TPSA) is 64.3 Å². The highest BCUT2D eigenvalue weighted by Gasteiger charge is 2.29. The van der Waals surface area contributed by atoms with Crippen molar-refractivity contribution in [3.8, 4) is 5.75 Å². The zero-order valence-corrected chi connectivity index (χ0v) is 13.2. The predicted octanol–water partition coefficient (Wildman–Crippen LogP) is 2.46. The number of halogens is 1. The van der Waals surface area contributed by atoms with Crippen LogP contribution in [-0.4, -0.2) is 24.6 Å². The first-order valence-electron chi connectivity index (χ1n) is 7.03. The van der Waals surface area contributed by atoms with E-state index in [-0.39, 0.29) is 11.9 Å². The molecular formula is C15H21BrN2O2. The minimum absolute atomic E-state index is 0.0710. The Hall–Kier alpha value is -1.07. The van der Waals surface area contributed by atoms with E-state index in [4.69, 9.17) is 10.5 Å². The lowest BCUT2D eigenvalue weighted by atomic mass is 10.0. The summed E-state index contributed by atoms with van der Waals surface area (Å²) in [4.78, 5) is 12.1. The van der Waals surface area contributed by atoms with Crippen molar-refractivity contribution in [2.75, 3.05) is 6.54 Å². The Bertz CT molecular complexity index is 450. The molecule has 4 nitrogen and oxygen atoms in total. The van der Waals surface area contributed by atoms with Gasteiger partial charge in [-0.2, -0.15) is 0 Å². The van der Waals surface area contributed by atoms with Gasteiger partial charge in [-0.25, -0.2) is 0 Å². The number of nitrogens with two attached hydrogens (primary N) is 1. The largest absolute Gasteiger partial charge is 0.481 e. The fourth-order valence-electron chi connectivity index (χ4n) is 2.58. The molecule has 1 fully saturated rings. The molecule has 1 aliphatic rings. The molecule has 110 valence electrons. The second-order valence-corrected chi connectivity index (χ2v) is 6.17. The molecule has 0 aliphatic heterocycles. The van der Waals surface area contributed by atoms with Crippen LogP contribution < -0.4 is 15.8 Å². The zero-order chi connectivity index (χ0) is 14.5. The van der Waals surface area contributed by atoms with Gasteiger partial charge in [0.1, 0.15) is 5.75 Å². The maximum absolute atomic E-state index is 12.1. The Balaban J connectivity index is 1.87. The lowest BCUT2D eigenvalue weighted by molar-refractivity contribution is -0.128. The quantitative estimate of drug-likeness (QED) is 0.865. The molecule has 1 amide bonds.